The molecule has 1 aromatic heterocycles. The number of benzene rings is 1. The largest absolute Gasteiger partial charge is 0.381 e. The Morgan fingerprint density at radius 2 is 1.76 bits per heavy atom. The van der Waals surface area contributed by atoms with Crippen molar-refractivity contribution in [2.45, 2.75) is 25.4 Å². The van der Waals surface area contributed by atoms with Crippen LogP contribution in [0.2, 0.25) is 0 Å². The minimum Gasteiger partial charge on any atom is -0.381 e. The van der Waals surface area contributed by atoms with Crippen LogP contribution in [0, 0.1) is 0 Å². The highest BCUT2D eigenvalue weighted by molar-refractivity contribution is 5.55. The molecule has 0 amide bonds. The van der Waals surface area contributed by atoms with Crippen LogP contribution in [0.25, 0.3) is 0 Å². The van der Waals surface area contributed by atoms with E-state index < -0.39 is 0 Å². The van der Waals surface area contributed by atoms with Gasteiger partial charge >= 0.3 is 0 Å². The van der Waals surface area contributed by atoms with Crippen molar-refractivity contribution in [2.24, 2.45) is 0 Å². The Morgan fingerprint density at radius 3 is 2.36 bits per heavy atom. The highest BCUT2D eigenvalue weighted by atomic mass is 15.2. The summed E-state index contributed by atoms with van der Waals surface area (Å²) in [6.07, 6.45) is 6.15. The number of aromatic nitrogens is 2. The second-order valence-corrected chi connectivity index (χ2v) is 6.71. The smallest absolute Gasteiger partial charge is 0.222 e. The highest BCUT2D eigenvalue weighted by Gasteiger charge is 2.20. The number of likely N-dealkylation sites (tertiary alicyclic amines) is 1. The summed E-state index contributed by atoms with van der Waals surface area (Å²) in [6, 6.07) is 9.31. The quantitative estimate of drug-likeness (QED) is 0.843. The summed E-state index contributed by atoms with van der Waals surface area (Å²) in [6.45, 7) is 3.08. The van der Waals surface area contributed by atoms with Crippen LogP contribution in [0.15, 0.2) is 36.7 Å². The maximum Gasteiger partial charge on any atom is 0.222 e. The fourth-order valence-electron chi connectivity index (χ4n) is 3.19. The van der Waals surface area contributed by atoms with Crippen LogP contribution in [0.3, 0.4) is 0 Å². The summed E-state index contributed by atoms with van der Waals surface area (Å²) in [7, 11) is 6.23. The fourth-order valence-corrected chi connectivity index (χ4v) is 3.19. The van der Waals surface area contributed by atoms with Crippen molar-refractivity contribution in [3.8, 4) is 0 Å². The van der Waals surface area contributed by atoms with Gasteiger partial charge in [0.15, 0.2) is 0 Å². The molecule has 0 saturated carbocycles. The van der Waals surface area contributed by atoms with E-state index in [0.29, 0.717) is 18.5 Å². The number of piperidine rings is 1. The van der Waals surface area contributed by atoms with E-state index >= 15 is 0 Å². The van der Waals surface area contributed by atoms with Gasteiger partial charge in [-0.2, -0.15) is 0 Å². The standard InChI is InChI=1S/C19H28N6/c1-20-19-22-13-15(14-23-19)12-21-16-4-6-17(7-5-16)25(3)18-8-10-24(2)11-9-18/h4-7,13-14,18,21H,8-12H2,1-3H3,(H,20,22,23). The topological polar surface area (TPSA) is 56.3 Å². The minimum atomic E-state index is 0.637. The first-order valence-corrected chi connectivity index (χ1v) is 8.89. The van der Waals surface area contributed by atoms with Crippen LogP contribution < -0.4 is 15.5 Å². The van der Waals surface area contributed by atoms with Crippen molar-refractivity contribution < 1.29 is 0 Å². The molecular formula is C19H28N6. The van der Waals surface area contributed by atoms with Crippen LogP contribution in [0.5, 0.6) is 0 Å². The third-order valence-corrected chi connectivity index (χ3v) is 4.94. The zero-order valence-corrected chi connectivity index (χ0v) is 15.4. The number of rotatable bonds is 6. The molecule has 2 N–H and O–H groups in total. The molecule has 1 fully saturated rings. The molecule has 2 aromatic rings. The molecule has 0 bridgehead atoms. The first kappa shape index (κ1) is 17.5. The van der Waals surface area contributed by atoms with Crippen molar-refractivity contribution in [3.05, 3.63) is 42.2 Å². The molecule has 1 aromatic carbocycles. The van der Waals surface area contributed by atoms with Crippen molar-refractivity contribution >= 4 is 17.3 Å². The third kappa shape index (κ3) is 4.60. The molecule has 2 heterocycles. The predicted octanol–water partition coefficient (Wildman–Crippen LogP) is 2.66. The molecule has 0 spiro atoms. The van der Waals surface area contributed by atoms with E-state index in [0.717, 1.165) is 11.3 Å². The van der Waals surface area contributed by atoms with E-state index in [9.17, 15) is 0 Å². The van der Waals surface area contributed by atoms with Crippen LogP contribution in [0.4, 0.5) is 17.3 Å². The van der Waals surface area contributed by atoms with Gasteiger partial charge in [-0.3, -0.25) is 0 Å². The maximum atomic E-state index is 4.23. The molecule has 6 heteroatoms. The van der Waals surface area contributed by atoms with Gasteiger partial charge in [-0.1, -0.05) is 0 Å². The molecule has 3 rings (SSSR count). The lowest BCUT2D eigenvalue weighted by Gasteiger charge is -2.36. The van der Waals surface area contributed by atoms with E-state index in [-0.39, 0.29) is 0 Å². The SMILES string of the molecule is CNc1ncc(CNc2ccc(N(C)C3CCN(C)CC3)cc2)cn1. The molecule has 1 aliphatic rings. The Kier molecular flexibility index (Phi) is 5.71. The number of anilines is 3. The molecule has 0 unspecified atom stereocenters. The van der Waals surface area contributed by atoms with Gasteiger partial charge in [0, 0.05) is 56.0 Å². The van der Waals surface area contributed by atoms with Gasteiger partial charge in [0.25, 0.3) is 0 Å². The van der Waals surface area contributed by atoms with Crippen molar-refractivity contribution in [1.29, 1.82) is 0 Å². The number of hydrogen-bond donors (Lipinski definition) is 2. The Bertz CT molecular complexity index is 647. The summed E-state index contributed by atoms with van der Waals surface area (Å²) in [5, 5.41) is 6.35. The molecule has 0 aliphatic carbocycles. The molecule has 134 valence electrons. The van der Waals surface area contributed by atoms with Crippen molar-refractivity contribution in [1.82, 2.24) is 14.9 Å². The van der Waals surface area contributed by atoms with Crippen LogP contribution in [0.1, 0.15) is 18.4 Å². The Morgan fingerprint density at radius 1 is 1.12 bits per heavy atom. The molecule has 0 radical (unpaired) electrons. The average Bonchev–Trinajstić information content (AvgIpc) is 2.67. The third-order valence-electron chi connectivity index (χ3n) is 4.94. The molecule has 6 nitrogen and oxygen atoms in total. The van der Waals surface area contributed by atoms with Crippen molar-refractivity contribution in [3.63, 3.8) is 0 Å². The average molecular weight is 340 g/mol. The lowest BCUT2D eigenvalue weighted by Crippen LogP contribution is -2.41. The van der Waals surface area contributed by atoms with Crippen molar-refractivity contribution in [2.75, 3.05) is 49.8 Å². The molecule has 1 saturated heterocycles. The first-order valence-electron chi connectivity index (χ1n) is 8.89. The van der Waals surface area contributed by atoms with Crippen LogP contribution in [-0.2, 0) is 6.54 Å². The summed E-state index contributed by atoms with van der Waals surface area (Å²) >= 11 is 0. The van der Waals surface area contributed by atoms with Crippen LogP contribution in [-0.4, -0.2) is 55.1 Å². The van der Waals surface area contributed by atoms with E-state index in [2.05, 4.69) is 68.8 Å². The zero-order valence-electron chi connectivity index (χ0n) is 15.4. The Hall–Kier alpha value is -2.34. The number of nitrogens with one attached hydrogen (secondary N) is 2. The van der Waals surface area contributed by atoms with E-state index in [1.807, 2.05) is 19.4 Å². The fraction of sp³-hybridized carbons (Fsp3) is 0.474. The monoisotopic (exact) mass is 340 g/mol. The molecule has 25 heavy (non-hydrogen) atoms. The zero-order chi connectivity index (χ0) is 17.6. The summed E-state index contributed by atoms with van der Waals surface area (Å²) in [5.74, 6) is 0.644. The number of nitrogens with zero attached hydrogens (tertiary/aromatic N) is 4. The predicted molar refractivity (Wildman–Crippen MR) is 104 cm³/mol. The number of hydrogen-bond acceptors (Lipinski definition) is 6. The molecular weight excluding hydrogens is 312 g/mol. The van der Waals surface area contributed by atoms with Gasteiger partial charge in [-0.05, 0) is 57.2 Å². The lowest BCUT2D eigenvalue weighted by atomic mass is 10.0. The van der Waals surface area contributed by atoms with Gasteiger partial charge in [0.05, 0.1) is 0 Å². The van der Waals surface area contributed by atoms with Gasteiger partial charge in [-0.15, -0.1) is 0 Å². The van der Waals surface area contributed by atoms with E-state index in [4.69, 9.17) is 0 Å². The summed E-state index contributed by atoms with van der Waals surface area (Å²) in [4.78, 5) is 13.3. The minimum absolute atomic E-state index is 0.637. The Labute approximate surface area is 150 Å². The summed E-state index contributed by atoms with van der Waals surface area (Å²) < 4.78 is 0. The lowest BCUT2D eigenvalue weighted by molar-refractivity contribution is 0.253. The normalized spacial score (nSPS) is 15.8. The van der Waals surface area contributed by atoms with E-state index in [1.165, 1.54) is 31.6 Å². The van der Waals surface area contributed by atoms with Gasteiger partial charge in [0.2, 0.25) is 5.95 Å². The highest BCUT2D eigenvalue weighted by Crippen LogP contribution is 2.23. The van der Waals surface area contributed by atoms with E-state index in [1.54, 1.807) is 0 Å². The maximum absolute atomic E-state index is 4.23. The molecule has 0 atom stereocenters. The first-order chi connectivity index (χ1) is 12.2. The second-order valence-electron chi connectivity index (χ2n) is 6.71. The van der Waals surface area contributed by atoms with Gasteiger partial charge < -0.3 is 20.4 Å². The van der Waals surface area contributed by atoms with Crippen LogP contribution >= 0.6 is 0 Å². The van der Waals surface area contributed by atoms with Gasteiger partial charge in [-0.25, -0.2) is 9.97 Å². The Balaban J connectivity index is 1.54. The molecule has 1 aliphatic heterocycles. The second kappa shape index (κ2) is 8.16. The summed E-state index contributed by atoms with van der Waals surface area (Å²) in [5.41, 5.74) is 3.45. The van der Waals surface area contributed by atoms with Gasteiger partial charge in [0.1, 0.15) is 0 Å².